The summed E-state index contributed by atoms with van der Waals surface area (Å²) >= 11 is 0. The van der Waals surface area contributed by atoms with Gasteiger partial charge in [-0.05, 0) is 30.9 Å². The van der Waals surface area contributed by atoms with E-state index in [9.17, 15) is 4.79 Å². The van der Waals surface area contributed by atoms with Crippen LogP contribution in [0.1, 0.15) is 48.5 Å². The van der Waals surface area contributed by atoms with Crippen LogP contribution in [0.15, 0.2) is 18.2 Å². The van der Waals surface area contributed by atoms with Gasteiger partial charge in [-0.1, -0.05) is 19.9 Å². The van der Waals surface area contributed by atoms with Crippen LogP contribution in [0.25, 0.3) is 0 Å². The maximum atomic E-state index is 11.8. The third-order valence-electron chi connectivity index (χ3n) is 2.93. The van der Waals surface area contributed by atoms with Crippen molar-refractivity contribution in [1.82, 2.24) is 5.32 Å². The molecule has 3 heteroatoms. The van der Waals surface area contributed by atoms with Crippen molar-refractivity contribution < 1.29 is 9.53 Å². The molecule has 0 spiro atoms. The lowest BCUT2D eigenvalue weighted by molar-refractivity contribution is 0.0961. The predicted octanol–water partition coefficient (Wildman–Crippen LogP) is 2.71. The summed E-state index contributed by atoms with van der Waals surface area (Å²) in [5, 5.41) is 2.68. The fourth-order valence-corrected chi connectivity index (χ4v) is 1.94. The lowest BCUT2D eigenvalue weighted by atomic mass is 9.95. The summed E-state index contributed by atoms with van der Waals surface area (Å²) in [6.07, 6.45) is 2.61. The molecule has 0 atom stereocenters. The van der Waals surface area contributed by atoms with Crippen LogP contribution in [-0.4, -0.2) is 19.1 Å². The second-order valence-electron chi connectivity index (χ2n) is 4.77. The summed E-state index contributed by atoms with van der Waals surface area (Å²) in [5.74, 6) is 1.09. The monoisotopic (exact) mass is 233 g/mol. The topological polar surface area (TPSA) is 38.3 Å². The van der Waals surface area contributed by atoms with Gasteiger partial charge in [-0.3, -0.25) is 4.79 Å². The largest absolute Gasteiger partial charge is 0.490 e. The number of ether oxygens (including phenoxy) is 1. The molecular weight excluding hydrogens is 214 g/mol. The summed E-state index contributed by atoms with van der Waals surface area (Å²) in [6.45, 7) is 4.17. The van der Waals surface area contributed by atoms with E-state index in [1.165, 1.54) is 0 Å². The minimum Gasteiger partial charge on any atom is -0.490 e. The molecule has 0 radical (unpaired) electrons. The molecule has 17 heavy (non-hydrogen) atoms. The van der Waals surface area contributed by atoms with Gasteiger partial charge < -0.3 is 10.1 Å². The van der Waals surface area contributed by atoms with Gasteiger partial charge in [0.1, 0.15) is 5.75 Å². The summed E-state index contributed by atoms with van der Waals surface area (Å²) in [6, 6.07) is 5.70. The molecule has 3 nitrogen and oxygen atoms in total. The minimum atomic E-state index is -0.0463. The van der Waals surface area contributed by atoms with Gasteiger partial charge in [-0.25, -0.2) is 0 Å². The Morgan fingerprint density at radius 3 is 2.65 bits per heavy atom. The summed E-state index contributed by atoms with van der Waals surface area (Å²) < 4.78 is 5.87. The zero-order valence-corrected chi connectivity index (χ0v) is 10.6. The van der Waals surface area contributed by atoms with E-state index in [0.29, 0.717) is 6.10 Å². The number of nitrogens with one attached hydrogen (secondary N) is 1. The molecule has 0 bridgehead atoms. The van der Waals surface area contributed by atoms with Crippen molar-refractivity contribution in [2.45, 2.75) is 38.7 Å². The Bertz CT molecular complexity index is 422. The standard InChI is InChI=1S/C14H19NO2/c1-9(2)13-11(14(16)15-3)5-4-6-12(13)17-10-7-8-10/h4-6,9-10H,7-8H2,1-3H3,(H,15,16). The highest BCUT2D eigenvalue weighted by atomic mass is 16.5. The van der Waals surface area contributed by atoms with E-state index in [1.807, 2.05) is 18.2 Å². The normalized spacial score (nSPS) is 14.8. The molecule has 1 aliphatic rings. The average molecular weight is 233 g/mol. The fourth-order valence-electron chi connectivity index (χ4n) is 1.94. The van der Waals surface area contributed by atoms with Crippen molar-refractivity contribution in [2.24, 2.45) is 0 Å². The molecule has 1 N–H and O–H groups in total. The molecule has 1 aliphatic carbocycles. The quantitative estimate of drug-likeness (QED) is 0.868. The molecule has 1 aromatic rings. The number of rotatable bonds is 4. The van der Waals surface area contributed by atoms with Crippen LogP contribution in [0, 0.1) is 0 Å². The number of carbonyl (C=O) groups is 1. The van der Waals surface area contributed by atoms with Crippen LogP contribution >= 0.6 is 0 Å². The van der Waals surface area contributed by atoms with Crippen LogP contribution in [-0.2, 0) is 0 Å². The number of hydrogen-bond acceptors (Lipinski definition) is 2. The Kier molecular flexibility index (Phi) is 3.36. The van der Waals surface area contributed by atoms with Gasteiger partial charge in [0, 0.05) is 18.2 Å². The molecule has 0 unspecified atom stereocenters. The van der Waals surface area contributed by atoms with E-state index in [2.05, 4.69) is 19.2 Å². The molecule has 1 fully saturated rings. The van der Waals surface area contributed by atoms with Crippen molar-refractivity contribution >= 4 is 5.91 Å². The van der Waals surface area contributed by atoms with Gasteiger partial charge in [0.2, 0.25) is 0 Å². The third kappa shape index (κ3) is 2.60. The van der Waals surface area contributed by atoms with Gasteiger partial charge in [0.25, 0.3) is 5.91 Å². The highest BCUT2D eigenvalue weighted by molar-refractivity contribution is 5.96. The number of amides is 1. The zero-order chi connectivity index (χ0) is 12.4. The molecule has 0 aromatic heterocycles. The zero-order valence-electron chi connectivity index (χ0n) is 10.6. The Hall–Kier alpha value is -1.51. The Balaban J connectivity index is 2.39. The Labute approximate surface area is 102 Å². The fraction of sp³-hybridized carbons (Fsp3) is 0.500. The summed E-state index contributed by atoms with van der Waals surface area (Å²) in [4.78, 5) is 11.8. The molecule has 0 saturated heterocycles. The van der Waals surface area contributed by atoms with Crippen LogP contribution in [0.3, 0.4) is 0 Å². The lowest BCUT2D eigenvalue weighted by Gasteiger charge is -2.17. The first kappa shape index (κ1) is 12.0. The lowest BCUT2D eigenvalue weighted by Crippen LogP contribution is -2.20. The third-order valence-corrected chi connectivity index (χ3v) is 2.93. The number of benzene rings is 1. The van der Waals surface area contributed by atoms with Crippen molar-refractivity contribution in [2.75, 3.05) is 7.05 Å². The Morgan fingerprint density at radius 2 is 2.12 bits per heavy atom. The van der Waals surface area contributed by atoms with Crippen molar-refractivity contribution in [3.63, 3.8) is 0 Å². The minimum absolute atomic E-state index is 0.0463. The second-order valence-corrected chi connectivity index (χ2v) is 4.77. The SMILES string of the molecule is CNC(=O)c1cccc(OC2CC2)c1C(C)C. The van der Waals surface area contributed by atoms with Crippen LogP contribution in [0.5, 0.6) is 5.75 Å². The molecule has 92 valence electrons. The van der Waals surface area contributed by atoms with Gasteiger partial charge in [0.05, 0.1) is 6.10 Å². The maximum Gasteiger partial charge on any atom is 0.251 e. The molecular formula is C14H19NO2. The van der Waals surface area contributed by atoms with Gasteiger partial charge in [-0.15, -0.1) is 0 Å². The van der Waals surface area contributed by atoms with Crippen molar-refractivity contribution in [3.8, 4) is 5.75 Å². The van der Waals surface area contributed by atoms with Gasteiger partial charge in [-0.2, -0.15) is 0 Å². The second kappa shape index (κ2) is 4.78. The number of hydrogen-bond donors (Lipinski definition) is 1. The highest BCUT2D eigenvalue weighted by Crippen LogP contribution is 2.34. The smallest absolute Gasteiger partial charge is 0.251 e. The van der Waals surface area contributed by atoms with E-state index < -0.39 is 0 Å². The highest BCUT2D eigenvalue weighted by Gasteiger charge is 2.26. The van der Waals surface area contributed by atoms with E-state index in [4.69, 9.17) is 4.74 Å². The number of carbonyl (C=O) groups excluding carboxylic acids is 1. The van der Waals surface area contributed by atoms with Crippen molar-refractivity contribution in [3.05, 3.63) is 29.3 Å². The molecule has 2 rings (SSSR count). The van der Waals surface area contributed by atoms with E-state index in [1.54, 1.807) is 7.05 Å². The van der Waals surface area contributed by atoms with E-state index in [-0.39, 0.29) is 11.8 Å². The molecule has 1 aromatic carbocycles. The molecule has 0 aliphatic heterocycles. The first-order valence-electron chi connectivity index (χ1n) is 6.15. The van der Waals surface area contributed by atoms with Crippen LogP contribution < -0.4 is 10.1 Å². The van der Waals surface area contributed by atoms with Gasteiger partial charge in [0.15, 0.2) is 0 Å². The average Bonchev–Trinajstić information content (AvgIpc) is 3.11. The molecule has 0 heterocycles. The first-order chi connectivity index (χ1) is 8.13. The summed E-state index contributed by atoms with van der Waals surface area (Å²) in [7, 11) is 1.65. The molecule has 1 saturated carbocycles. The first-order valence-corrected chi connectivity index (χ1v) is 6.15. The van der Waals surface area contributed by atoms with E-state index in [0.717, 1.165) is 29.7 Å². The van der Waals surface area contributed by atoms with Crippen LogP contribution in [0.4, 0.5) is 0 Å². The van der Waals surface area contributed by atoms with E-state index >= 15 is 0 Å². The molecule has 1 amide bonds. The Morgan fingerprint density at radius 1 is 1.41 bits per heavy atom. The predicted molar refractivity (Wildman–Crippen MR) is 67.6 cm³/mol. The van der Waals surface area contributed by atoms with Crippen molar-refractivity contribution in [1.29, 1.82) is 0 Å². The maximum absolute atomic E-state index is 11.8. The van der Waals surface area contributed by atoms with Gasteiger partial charge >= 0.3 is 0 Å². The van der Waals surface area contributed by atoms with Crippen LogP contribution in [0.2, 0.25) is 0 Å². The summed E-state index contributed by atoms with van der Waals surface area (Å²) in [5.41, 5.74) is 1.74.